The van der Waals surface area contributed by atoms with Gasteiger partial charge in [0.2, 0.25) is 11.8 Å². The highest BCUT2D eigenvalue weighted by atomic mass is 16.3. The number of para-hydroxylation sites is 1. The second kappa shape index (κ2) is 7.50. The minimum atomic E-state index is -0.329. The predicted molar refractivity (Wildman–Crippen MR) is 107 cm³/mol. The average molecular weight is 376 g/mol. The lowest BCUT2D eigenvalue weighted by atomic mass is 10.1. The standard InChI is InChI=1S/C23H24N2O3/c1-15-7-9-17(10-8-15)13-25-14-19(12-22(25)26)23(27)24-16(2)21-11-18-5-3-4-6-20(18)28-21/h3-11,16,19H,12-14H2,1-2H3,(H,24,27). The minimum absolute atomic E-state index is 0.0251. The SMILES string of the molecule is Cc1ccc(CN2CC(C(=O)NC(C)c3cc4ccccc4o3)CC2=O)cc1. The van der Waals surface area contributed by atoms with Crippen LogP contribution < -0.4 is 5.32 Å². The van der Waals surface area contributed by atoms with Crippen molar-refractivity contribution >= 4 is 22.8 Å². The van der Waals surface area contributed by atoms with Crippen molar-refractivity contribution in [3.8, 4) is 0 Å². The smallest absolute Gasteiger partial charge is 0.226 e. The molecule has 144 valence electrons. The van der Waals surface area contributed by atoms with Gasteiger partial charge in [-0.05, 0) is 31.5 Å². The van der Waals surface area contributed by atoms with E-state index in [4.69, 9.17) is 4.42 Å². The van der Waals surface area contributed by atoms with E-state index in [2.05, 4.69) is 5.32 Å². The lowest BCUT2D eigenvalue weighted by Crippen LogP contribution is -2.34. The molecule has 2 unspecified atom stereocenters. The molecule has 1 aliphatic heterocycles. The normalized spacial score (nSPS) is 17.9. The number of hydrogen-bond acceptors (Lipinski definition) is 3. The van der Waals surface area contributed by atoms with Crippen LogP contribution in [-0.2, 0) is 16.1 Å². The third-order valence-electron chi connectivity index (χ3n) is 5.31. The fraction of sp³-hybridized carbons (Fsp3) is 0.304. The van der Waals surface area contributed by atoms with Crippen LogP contribution >= 0.6 is 0 Å². The molecule has 2 aromatic carbocycles. The maximum atomic E-state index is 12.7. The van der Waals surface area contributed by atoms with Gasteiger partial charge in [0.1, 0.15) is 11.3 Å². The lowest BCUT2D eigenvalue weighted by molar-refractivity contribution is -0.129. The van der Waals surface area contributed by atoms with Crippen molar-refractivity contribution in [2.75, 3.05) is 6.54 Å². The van der Waals surface area contributed by atoms with Crippen LogP contribution in [0.4, 0.5) is 0 Å². The minimum Gasteiger partial charge on any atom is -0.459 e. The van der Waals surface area contributed by atoms with Crippen LogP contribution in [0.25, 0.3) is 11.0 Å². The Labute approximate surface area is 164 Å². The summed E-state index contributed by atoms with van der Waals surface area (Å²) in [6, 6.07) is 17.6. The summed E-state index contributed by atoms with van der Waals surface area (Å²) in [5.74, 6) is 0.310. The molecule has 1 aliphatic rings. The van der Waals surface area contributed by atoms with Gasteiger partial charge in [-0.15, -0.1) is 0 Å². The Morgan fingerprint density at radius 2 is 1.96 bits per heavy atom. The molecule has 0 aliphatic carbocycles. The van der Waals surface area contributed by atoms with Crippen molar-refractivity contribution in [2.45, 2.75) is 32.9 Å². The van der Waals surface area contributed by atoms with Crippen molar-refractivity contribution < 1.29 is 14.0 Å². The number of carbonyl (C=O) groups excluding carboxylic acids is 2. The van der Waals surface area contributed by atoms with Gasteiger partial charge in [-0.3, -0.25) is 9.59 Å². The number of fused-ring (bicyclic) bond motifs is 1. The number of amides is 2. The molecule has 2 amide bonds. The van der Waals surface area contributed by atoms with Crippen molar-refractivity contribution in [1.82, 2.24) is 10.2 Å². The molecule has 1 fully saturated rings. The van der Waals surface area contributed by atoms with Gasteiger partial charge in [-0.25, -0.2) is 0 Å². The first-order chi connectivity index (χ1) is 13.5. The van der Waals surface area contributed by atoms with Crippen LogP contribution in [0.3, 0.4) is 0 Å². The summed E-state index contributed by atoms with van der Waals surface area (Å²) in [6.07, 6.45) is 0.255. The van der Waals surface area contributed by atoms with E-state index >= 15 is 0 Å². The zero-order chi connectivity index (χ0) is 19.7. The van der Waals surface area contributed by atoms with E-state index in [1.807, 2.05) is 68.4 Å². The molecule has 28 heavy (non-hydrogen) atoms. The van der Waals surface area contributed by atoms with Gasteiger partial charge in [0, 0.05) is 24.9 Å². The monoisotopic (exact) mass is 376 g/mol. The first kappa shape index (κ1) is 18.3. The van der Waals surface area contributed by atoms with E-state index in [-0.39, 0.29) is 30.2 Å². The van der Waals surface area contributed by atoms with Crippen LogP contribution in [0.15, 0.2) is 59.0 Å². The summed E-state index contributed by atoms with van der Waals surface area (Å²) < 4.78 is 5.83. The van der Waals surface area contributed by atoms with Crippen LogP contribution in [0, 0.1) is 12.8 Å². The van der Waals surface area contributed by atoms with Crippen LogP contribution in [-0.4, -0.2) is 23.3 Å². The van der Waals surface area contributed by atoms with E-state index in [0.29, 0.717) is 13.1 Å². The maximum absolute atomic E-state index is 12.7. The third-order valence-corrected chi connectivity index (χ3v) is 5.31. The Morgan fingerprint density at radius 1 is 1.21 bits per heavy atom. The van der Waals surface area contributed by atoms with Gasteiger partial charge in [0.25, 0.3) is 0 Å². The van der Waals surface area contributed by atoms with Crippen molar-refractivity contribution in [3.63, 3.8) is 0 Å². The van der Waals surface area contributed by atoms with E-state index < -0.39 is 0 Å². The summed E-state index contributed by atoms with van der Waals surface area (Å²) in [5.41, 5.74) is 3.07. The highest BCUT2D eigenvalue weighted by Crippen LogP contribution is 2.25. The highest BCUT2D eigenvalue weighted by molar-refractivity contribution is 5.89. The number of aryl methyl sites for hydroxylation is 1. The molecular weight excluding hydrogens is 352 g/mol. The number of likely N-dealkylation sites (tertiary alicyclic amines) is 1. The summed E-state index contributed by atoms with van der Waals surface area (Å²) >= 11 is 0. The molecule has 2 atom stereocenters. The maximum Gasteiger partial charge on any atom is 0.226 e. The van der Waals surface area contributed by atoms with Gasteiger partial charge >= 0.3 is 0 Å². The fourth-order valence-electron chi connectivity index (χ4n) is 3.63. The third kappa shape index (κ3) is 3.79. The molecule has 5 nitrogen and oxygen atoms in total. The molecule has 4 rings (SSSR count). The van der Waals surface area contributed by atoms with Gasteiger partial charge in [-0.2, -0.15) is 0 Å². The molecule has 0 bridgehead atoms. The topological polar surface area (TPSA) is 62.6 Å². The molecule has 3 aromatic rings. The van der Waals surface area contributed by atoms with Crippen LogP contribution in [0.5, 0.6) is 0 Å². The number of hydrogen-bond donors (Lipinski definition) is 1. The van der Waals surface area contributed by atoms with E-state index in [0.717, 1.165) is 22.3 Å². The molecule has 2 heterocycles. The first-order valence-corrected chi connectivity index (χ1v) is 9.62. The van der Waals surface area contributed by atoms with Crippen molar-refractivity contribution in [3.05, 3.63) is 71.5 Å². The summed E-state index contributed by atoms with van der Waals surface area (Å²) in [5, 5.41) is 4.01. The number of carbonyl (C=O) groups is 2. The van der Waals surface area contributed by atoms with Crippen LogP contribution in [0.1, 0.15) is 36.3 Å². The Hall–Kier alpha value is -3.08. The molecule has 0 radical (unpaired) electrons. The first-order valence-electron chi connectivity index (χ1n) is 9.62. The molecule has 5 heteroatoms. The molecule has 0 spiro atoms. The molecule has 1 saturated heterocycles. The predicted octanol–water partition coefficient (Wildman–Crippen LogP) is 3.97. The summed E-state index contributed by atoms with van der Waals surface area (Å²) in [4.78, 5) is 26.8. The summed E-state index contributed by atoms with van der Waals surface area (Å²) in [6.45, 7) is 4.93. The quantitative estimate of drug-likeness (QED) is 0.733. The zero-order valence-corrected chi connectivity index (χ0v) is 16.1. The van der Waals surface area contributed by atoms with E-state index in [1.54, 1.807) is 4.90 Å². The molecule has 1 aromatic heterocycles. The Bertz CT molecular complexity index is 973. The summed E-state index contributed by atoms with van der Waals surface area (Å²) in [7, 11) is 0. The van der Waals surface area contributed by atoms with Gasteiger partial charge in [-0.1, -0.05) is 48.0 Å². The Balaban J connectivity index is 1.38. The fourth-order valence-corrected chi connectivity index (χ4v) is 3.63. The number of furan rings is 1. The van der Waals surface area contributed by atoms with E-state index in [9.17, 15) is 9.59 Å². The number of nitrogens with one attached hydrogen (secondary N) is 1. The van der Waals surface area contributed by atoms with Crippen molar-refractivity contribution in [1.29, 1.82) is 0 Å². The van der Waals surface area contributed by atoms with E-state index in [1.165, 1.54) is 5.56 Å². The second-order valence-electron chi connectivity index (χ2n) is 7.58. The average Bonchev–Trinajstić information content (AvgIpc) is 3.27. The van der Waals surface area contributed by atoms with Crippen molar-refractivity contribution in [2.24, 2.45) is 5.92 Å². The molecular formula is C23H24N2O3. The number of rotatable bonds is 5. The highest BCUT2D eigenvalue weighted by Gasteiger charge is 2.35. The second-order valence-corrected chi connectivity index (χ2v) is 7.58. The van der Waals surface area contributed by atoms with Crippen LogP contribution in [0.2, 0.25) is 0 Å². The number of nitrogens with zero attached hydrogens (tertiary/aromatic N) is 1. The largest absolute Gasteiger partial charge is 0.459 e. The number of benzene rings is 2. The van der Waals surface area contributed by atoms with Gasteiger partial charge < -0.3 is 14.6 Å². The molecule has 1 N–H and O–H groups in total. The zero-order valence-electron chi connectivity index (χ0n) is 16.1. The van der Waals surface area contributed by atoms with Gasteiger partial charge in [0.15, 0.2) is 0 Å². The molecule has 0 saturated carbocycles. The Morgan fingerprint density at radius 3 is 2.71 bits per heavy atom. The lowest BCUT2D eigenvalue weighted by Gasteiger charge is -2.18. The Kier molecular flexibility index (Phi) is 4.90. The van der Waals surface area contributed by atoms with Gasteiger partial charge in [0.05, 0.1) is 12.0 Å².